The van der Waals surface area contributed by atoms with Crippen molar-refractivity contribution in [3.63, 3.8) is 0 Å². The van der Waals surface area contributed by atoms with E-state index in [1.807, 2.05) is 27.7 Å². The van der Waals surface area contributed by atoms with E-state index < -0.39 is 5.92 Å². The van der Waals surface area contributed by atoms with Crippen molar-refractivity contribution in [1.82, 2.24) is 10.3 Å². The highest BCUT2D eigenvalue weighted by Crippen LogP contribution is 2.20. The Morgan fingerprint density at radius 2 is 2.16 bits per heavy atom. The molecule has 7 heteroatoms. The van der Waals surface area contributed by atoms with Crippen LogP contribution in [0.3, 0.4) is 0 Å². The second-order valence-electron chi connectivity index (χ2n) is 4.79. The number of hydrogen-bond acceptors (Lipinski definition) is 5. The molecule has 1 aromatic heterocycles. The molecule has 0 aliphatic carbocycles. The molecule has 0 spiro atoms. The van der Waals surface area contributed by atoms with Gasteiger partial charge < -0.3 is 16.3 Å². The van der Waals surface area contributed by atoms with E-state index >= 15 is 0 Å². The number of rotatable bonds is 5. The average molecular weight is 284 g/mol. The summed E-state index contributed by atoms with van der Waals surface area (Å²) in [5.41, 5.74) is 5.56. The zero-order valence-electron chi connectivity index (χ0n) is 11.5. The number of nitrogens with two attached hydrogens (primary N) is 1. The molecule has 1 rings (SSSR count). The first-order valence-corrected chi connectivity index (χ1v) is 6.88. The Bertz CT molecular complexity index is 470. The number of hydrogen-bond donors (Lipinski definition) is 3. The summed E-state index contributed by atoms with van der Waals surface area (Å²) in [6.07, 6.45) is 1.77. The first-order chi connectivity index (χ1) is 8.86. The standard InChI is InChI=1S/C12H20N4O2S/c1-6(2)9(10(13)16-18)11(17)15-8(4)12-14-5-7(3)19-12/h5-6,8-9,18H,1-4H3,(H2,13,16)(H,15,17). The summed E-state index contributed by atoms with van der Waals surface area (Å²) >= 11 is 1.54. The van der Waals surface area contributed by atoms with E-state index in [4.69, 9.17) is 10.9 Å². The number of nitrogens with zero attached hydrogens (tertiary/aromatic N) is 2. The number of carbonyl (C=O) groups is 1. The molecular weight excluding hydrogens is 264 g/mol. The molecule has 1 amide bonds. The Balaban J connectivity index is 2.77. The van der Waals surface area contributed by atoms with Crippen molar-refractivity contribution in [2.45, 2.75) is 33.7 Å². The predicted octanol–water partition coefficient (Wildman–Crippen LogP) is 1.65. The van der Waals surface area contributed by atoms with Gasteiger partial charge in [0.2, 0.25) is 5.91 Å². The highest BCUT2D eigenvalue weighted by molar-refractivity contribution is 7.11. The summed E-state index contributed by atoms with van der Waals surface area (Å²) in [4.78, 5) is 17.5. The smallest absolute Gasteiger partial charge is 0.231 e. The lowest BCUT2D eigenvalue weighted by atomic mass is 9.93. The Morgan fingerprint density at radius 1 is 1.53 bits per heavy atom. The molecule has 0 fully saturated rings. The van der Waals surface area contributed by atoms with Gasteiger partial charge in [-0.05, 0) is 19.8 Å². The van der Waals surface area contributed by atoms with Crippen LogP contribution in [0.5, 0.6) is 0 Å². The molecule has 0 aliphatic rings. The molecule has 0 radical (unpaired) electrons. The van der Waals surface area contributed by atoms with Crippen molar-refractivity contribution in [3.05, 3.63) is 16.1 Å². The van der Waals surface area contributed by atoms with Gasteiger partial charge in [0.1, 0.15) is 10.9 Å². The third kappa shape index (κ3) is 3.92. The Labute approximate surface area is 116 Å². The van der Waals surface area contributed by atoms with Crippen molar-refractivity contribution in [2.75, 3.05) is 0 Å². The van der Waals surface area contributed by atoms with Gasteiger partial charge in [0.05, 0.1) is 6.04 Å². The van der Waals surface area contributed by atoms with Crippen molar-refractivity contribution < 1.29 is 10.0 Å². The Morgan fingerprint density at radius 3 is 2.58 bits per heavy atom. The van der Waals surface area contributed by atoms with Crippen molar-refractivity contribution >= 4 is 23.1 Å². The monoisotopic (exact) mass is 284 g/mol. The minimum Gasteiger partial charge on any atom is -0.409 e. The zero-order chi connectivity index (χ0) is 14.6. The molecule has 6 nitrogen and oxygen atoms in total. The van der Waals surface area contributed by atoms with E-state index in [9.17, 15) is 4.79 Å². The summed E-state index contributed by atoms with van der Waals surface area (Å²) in [7, 11) is 0. The molecule has 2 atom stereocenters. The third-order valence-electron chi connectivity index (χ3n) is 2.75. The maximum atomic E-state index is 12.2. The normalized spacial score (nSPS) is 15.3. The summed E-state index contributed by atoms with van der Waals surface area (Å²) < 4.78 is 0. The largest absolute Gasteiger partial charge is 0.409 e. The molecule has 1 aromatic rings. The number of carbonyl (C=O) groups excluding carboxylic acids is 1. The minimum atomic E-state index is -0.645. The fourth-order valence-electron chi connectivity index (χ4n) is 1.78. The number of amidine groups is 1. The number of aromatic nitrogens is 1. The molecule has 1 heterocycles. The number of nitrogens with one attached hydrogen (secondary N) is 1. The molecule has 106 valence electrons. The van der Waals surface area contributed by atoms with Crippen LogP contribution in [-0.2, 0) is 4.79 Å². The molecular formula is C12H20N4O2S. The lowest BCUT2D eigenvalue weighted by molar-refractivity contribution is -0.124. The molecule has 0 bridgehead atoms. The quantitative estimate of drug-likeness (QED) is 0.331. The van der Waals surface area contributed by atoms with Crippen LogP contribution in [0.1, 0.15) is 36.7 Å². The van der Waals surface area contributed by atoms with E-state index in [1.54, 1.807) is 6.20 Å². The van der Waals surface area contributed by atoms with Crippen molar-refractivity contribution in [2.24, 2.45) is 22.7 Å². The number of thiazole rings is 1. The number of oxime groups is 1. The van der Waals surface area contributed by atoms with Crippen LogP contribution in [0.4, 0.5) is 0 Å². The van der Waals surface area contributed by atoms with Gasteiger partial charge in [-0.25, -0.2) is 4.98 Å². The SMILES string of the molecule is Cc1cnc(C(C)NC(=O)C(/C(N)=N/O)C(C)C)s1. The molecule has 0 saturated carbocycles. The summed E-state index contributed by atoms with van der Waals surface area (Å²) in [6.45, 7) is 7.52. The molecule has 0 saturated heterocycles. The third-order valence-corrected chi connectivity index (χ3v) is 3.85. The fraction of sp³-hybridized carbons (Fsp3) is 0.583. The fourth-order valence-corrected chi connectivity index (χ4v) is 2.55. The topological polar surface area (TPSA) is 101 Å². The lowest BCUT2D eigenvalue weighted by Gasteiger charge is -2.21. The first-order valence-electron chi connectivity index (χ1n) is 6.07. The summed E-state index contributed by atoms with van der Waals surface area (Å²) in [5.74, 6) is -1.03. The Kier molecular flexibility index (Phi) is 5.29. The van der Waals surface area contributed by atoms with Crippen molar-refractivity contribution in [3.8, 4) is 0 Å². The lowest BCUT2D eigenvalue weighted by Crippen LogP contribution is -2.42. The maximum absolute atomic E-state index is 12.2. The van der Waals surface area contributed by atoms with Crippen LogP contribution in [0.2, 0.25) is 0 Å². The Hall–Kier alpha value is -1.63. The van der Waals surface area contributed by atoms with E-state index in [2.05, 4.69) is 15.5 Å². The van der Waals surface area contributed by atoms with Crippen LogP contribution < -0.4 is 11.1 Å². The summed E-state index contributed by atoms with van der Waals surface area (Å²) in [5, 5.41) is 15.3. The highest BCUT2D eigenvalue weighted by Gasteiger charge is 2.28. The first kappa shape index (κ1) is 15.4. The van der Waals surface area contributed by atoms with Gasteiger partial charge in [-0.2, -0.15) is 0 Å². The van der Waals surface area contributed by atoms with Crippen LogP contribution in [0.15, 0.2) is 11.4 Å². The van der Waals surface area contributed by atoms with Gasteiger partial charge in [0.15, 0.2) is 5.84 Å². The molecule has 4 N–H and O–H groups in total. The second-order valence-corrected chi connectivity index (χ2v) is 6.05. The van der Waals surface area contributed by atoms with Crippen LogP contribution in [0.25, 0.3) is 0 Å². The minimum absolute atomic E-state index is 0.0545. The van der Waals surface area contributed by atoms with Crippen LogP contribution in [0, 0.1) is 18.8 Å². The number of aryl methyl sites for hydroxylation is 1. The maximum Gasteiger partial charge on any atom is 0.231 e. The number of amides is 1. The molecule has 2 unspecified atom stereocenters. The van der Waals surface area contributed by atoms with Gasteiger partial charge in [-0.1, -0.05) is 19.0 Å². The van der Waals surface area contributed by atoms with Gasteiger partial charge in [-0.15, -0.1) is 11.3 Å². The molecule has 0 aliphatic heterocycles. The second kappa shape index (κ2) is 6.51. The van der Waals surface area contributed by atoms with E-state index in [0.717, 1.165) is 9.88 Å². The van der Waals surface area contributed by atoms with Crippen LogP contribution in [-0.4, -0.2) is 21.9 Å². The van der Waals surface area contributed by atoms with Gasteiger partial charge >= 0.3 is 0 Å². The van der Waals surface area contributed by atoms with Gasteiger partial charge in [0.25, 0.3) is 0 Å². The molecule has 0 aromatic carbocycles. The van der Waals surface area contributed by atoms with Crippen LogP contribution >= 0.6 is 11.3 Å². The summed E-state index contributed by atoms with van der Waals surface area (Å²) in [6, 6.07) is -0.195. The van der Waals surface area contributed by atoms with E-state index in [0.29, 0.717) is 0 Å². The zero-order valence-corrected chi connectivity index (χ0v) is 12.4. The van der Waals surface area contributed by atoms with Crippen molar-refractivity contribution in [1.29, 1.82) is 0 Å². The van der Waals surface area contributed by atoms with E-state index in [-0.39, 0.29) is 23.7 Å². The predicted molar refractivity (Wildman–Crippen MR) is 75.1 cm³/mol. The highest BCUT2D eigenvalue weighted by atomic mass is 32.1. The van der Waals surface area contributed by atoms with Gasteiger partial charge in [-0.3, -0.25) is 4.79 Å². The van der Waals surface area contributed by atoms with Gasteiger partial charge in [0, 0.05) is 11.1 Å². The molecule has 19 heavy (non-hydrogen) atoms. The van der Waals surface area contributed by atoms with E-state index in [1.165, 1.54) is 11.3 Å². The average Bonchev–Trinajstić information content (AvgIpc) is 2.75.